The molecule has 1 aromatic heterocycles. The molecule has 1 aromatic rings. The highest BCUT2D eigenvalue weighted by atomic mass is 16.4. The van der Waals surface area contributed by atoms with Gasteiger partial charge in [0.25, 0.3) is 0 Å². The molecule has 1 N–H and O–H groups in total. The summed E-state index contributed by atoms with van der Waals surface area (Å²) in [5, 5.41) is 8.99. The Morgan fingerprint density at radius 2 is 2.38 bits per heavy atom. The molecule has 0 aliphatic heterocycles. The zero-order valence-electron chi connectivity index (χ0n) is 7.86. The molecule has 3 heteroatoms. The molecule has 0 aromatic carbocycles. The fourth-order valence-electron chi connectivity index (χ4n) is 1.35. The standard InChI is InChI=1S/C10H14O3/c1-3-7(2)9(10(11)12)8-5-4-6-13-8/h4-7,9H,3H2,1-2H3,(H,11,12). The second-order valence-electron chi connectivity index (χ2n) is 3.22. The van der Waals surface area contributed by atoms with Crippen molar-refractivity contribution in [3.05, 3.63) is 24.2 Å². The van der Waals surface area contributed by atoms with Gasteiger partial charge in [-0.1, -0.05) is 20.3 Å². The first kappa shape index (κ1) is 9.84. The molecule has 72 valence electrons. The molecule has 0 spiro atoms. The molecule has 1 heterocycles. The molecule has 0 saturated carbocycles. The Labute approximate surface area is 77.4 Å². The molecule has 1 rings (SSSR count). The Morgan fingerprint density at radius 3 is 2.77 bits per heavy atom. The van der Waals surface area contributed by atoms with Gasteiger partial charge in [0.2, 0.25) is 0 Å². The van der Waals surface area contributed by atoms with Gasteiger partial charge in [-0.3, -0.25) is 4.79 Å². The minimum atomic E-state index is -0.815. The highest BCUT2D eigenvalue weighted by Crippen LogP contribution is 2.27. The molecule has 0 bridgehead atoms. The fourth-order valence-corrected chi connectivity index (χ4v) is 1.35. The van der Waals surface area contributed by atoms with Crippen LogP contribution in [0.1, 0.15) is 31.9 Å². The van der Waals surface area contributed by atoms with Gasteiger partial charge < -0.3 is 9.52 Å². The Kier molecular flexibility index (Phi) is 3.12. The van der Waals surface area contributed by atoms with Crippen molar-refractivity contribution in [2.24, 2.45) is 5.92 Å². The van der Waals surface area contributed by atoms with Gasteiger partial charge in [0.1, 0.15) is 11.7 Å². The molecule has 0 saturated heterocycles. The van der Waals surface area contributed by atoms with E-state index in [1.807, 2.05) is 13.8 Å². The van der Waals surface area contributed by atoms with E-state index in [0.717, 1.165) is 6.42 Å². The molecule has 13 heavy (non-hydrogen) atoms. The van der Waals surface area contributed by atoms with Crippen molar-refractivity contribution in [3.8, 4) is 0 Å². The maximum absolute atomic E-state index is 10.9. The monoisotopic (exact) mass is 182 g/mol. The zero-order chi connectivity index (χ0) is 9.84. The molecule has 0 aliphatic rings. The van der Waals surface area contributed by atoms with Crippen molar-refractivity contribution in [2.75, 3.05) is 0 Å². The maximum Gasteiger partial charge on any atom is 0.314 e. The topological polar surface area (TPSA) is 50.4 Å². The summed E-state index contributed by atoms with van der Waals surface area (Å²) in [5.41, 5.74) is 0. The lowest BCUT2D eigenvalue weighted by atomic mass is 9.90. The first-order chi connectivity index (χ1) is 6.16. The van der Waals surface area contributed by atoms with Gasteiger partial charge in [-0.25, -0.2) is 0 Å². The van der Waals surface area contributed by atoms with Crippen LogP contribution in [-0.2, 0) is 4.79 Å². The second-order valence-corrected chi connectivity index (χ2v) is 3.22. The van der Waals surface area contributed by atoms with Crippen molar-refractivity contribution in [2.45, 2.75) is 26.2 Å². The lowest BCUT2D eigenvalue weighted by molar-refractivity contribution is -0.140. The van der Waals surface area contributed by atoms with E-state index in [0.29, 0.717) is 5.76 Å². The highest BCUT2D eigenvalue weighted by Gasteiger charge is 2.27. The molecule has 2 unspecified atom stereocenters. The van der Waals surface area contributed by atoms with Gasteiger partial charge in [-0.15, -0.1) is 0 Å². The molecular formula is C10H14O3. The summed E-state index contributed by atoms with van der Waals surface area (Å²) in [6.45, 7) is 3.89. The molecule has 0 fully saturated rings. The van der Waals surface area contributed by atoms with Gasteiger partial charge in [0, 0.05) is 0 Å². The summed E-state index contributed by atoms with van der Waals surface area (Å²) in [7, 11) is 0. The third kappa shape index (κ3) is 2.11. The molecule has 3 nitrogen and oxygen atoms in total. The molecule has 0 aliphatic carbocycles. The van der Waals surface area contributed by atoms with Crippen LogP contribution in [0.5, 0.6) is 0 Å². The van der Waals surface area contributed by atoms with Gasteiger partial charge >= 0.3 is 5.97 Å². The molecule has 0 radical (unpaired) electrons. The number of aliphatic carboxylic acids is 1. The smallest absolute Gasteiger partial charge is 0.314 e. The van der Waals surface area contributed by atoms with E-state index in [9.17, 15) is 4.79 Å². The fraction of sp³-hybridized carbons (Fsp3) is 0.500. The summed E-state index contributed by atoms with van der Waals surface area (Å²) in [5.74, 6) is -0.685. The van der Waals surface area contributed by atoms with Crippen molar-refractivity contribution in [3.63, 3.8) is 0 Å². The Hall–Kier alpha value is -1.25. The average Bonchev–Trinajstić information content (AvgIpc) is 2.56. The first-order valence-electron chi connectivity index (χ1n) is 4.43. The Bertz CT molecular complexity index is 264. The normalized spacial score (nSPS) is 15.2. The van der Waals surface area contributed by atoms with E-state index in [2.05, 4.69) is 0 Å². The number of carboxylic acids is 1. The lowest BCUT2D eigenvalue weighted by Gasteiger charge is -2.15. The molecule has 2 atom stereocenters. The SMILES string of the molecule is CCC(C)C(C(=O)O)c1ccco1. The summed E-state index contributed by atoms with van der Waals surface area (Å²) in [6.07, 6.45) is 2.34. The summed E-state index contributed by atoms with van der Waals surface area (Å²) in [4.78, 5) is 10.9. The van der Waals surface area contributed by atoms with Crippen molar-refractivity contribution >= 4 is 5.97 Å². The number of rotatable bonds is 4. The third-order valence-electron chi connectivity index (χ3n) is 2.33. The van der Waals surface area contributed by atoms with E-state index in [1.165, 1.54) is 6.26 Å². The van der Waals surface area contributed by atoms with Crippen LogP contribution in [0.4, 0.5) is 0 Å². The van der Waals surface area contributed by atoms with Crippen molar-refractivity contribution in [1.29, 1.82) is 0 Å². The van der Waals surface area contributed by atoms with Crippen LogP contribution >= 0.6 is 0 Å². The number of hydrogen-bond acceptors (Lipinski definition) is 2. The lowest BCUT2D eigenvalue weighted by Crippen LogP contribution is -2.18. The predicted molar refractivity (Wildman–Crippen MR) is 48.5 cm³/mol. The van der Waals surface area contributed by atoms with Crippen LogP contribution in [0.3, 0.4) is 0 Å². The number of carboxylic acid groups (broad SMARTS) is 1. The predicted octanol–water partition coefficient (Wildman–Crippen LogP) is 2.49. The largest absolute Gasteiger partial charge is 0.481 e. The van der Waals surface area contributed by atoms with Gasteiger partial charge in [0.05, 0.1) is 6.26 Å². The van der Waals surface area contributed by atoms with Crippen molar-refractivity contribution < 1.29 is 14.3 Å². The summed E-state index contributed by atoms with van der Waals surface area (Å²) >= 11 is 0. The van der Waals surface area contributed by atoms with Crippen molar-refractivity contribution in [1.82, 2.24) is 0 Å². The van der Waals surface area contributed by atoms with E-state index in [1.54, 1.807) is 12.1 Å². The van der Waals surface area contributed by atoms with Crippen LogP contribution in [0.2, 0.25) is 0 Å². The third-order valence-corrected chi connectivity index (χ3v) is 2.33. The quantitative estimate of drug-likeness (QED) is 0.778. The summed E-state index contributed by atoms with van der Waals surface area (Å²) in [6, 6.07) is 3.43. The van der Waals surface area contributed by atoms with E-state index < -0.39 is 11.9 Å². The number of hydrogen-bond donors (Lipinski definition) is 1. The Morgan fingerprint density at radius 1 is 1.69 bits per heavy atom. The number of carbonyl (C=O) groups is 1. The number of furan rings is 1. The second kappa shape index (κ2) is 4.12. The zero-order valence-corrected chi connectivity index (χ0v) is 7.86. The average molecular weight is 182 g/mol. The molecular weight excluding hydrogens is 168 g/mol. The van der Waals surface area contributed by atoms with Crippen LogP contribution in [0, 0.1) is 5.92 Å². The van der Waals surface area contributed by atoms with E-state index >= 15 is 0 Å². The van der Waals surface area contributed by atoms with Gasteiger partial charge in [-0.2, -0.15) is 0 Å². The van der Waals surface area contributed by atoms with Crippen LogP contribution in [0.25, 0.3) is 0 Å². The van der Waals surface area contributed by atoms with Gasteiger partial charge in [0.15, 0.2) is 0 Å². The summed E-state index contributed by atoms with van der Waals surface area (Å²) < 4.78 is 5.10. The molecule has 0 amide bonds. The first-order valence-corrected chi connectivity index (χ1v) is 4.43. The van der Waals surface area contributed by atoms with E-state index in [4.69, 9.17) is 9.52 Å². The highest BCUT2D eigenvalue weighted by molar-refractivity contribution is 5.75. The Balaban J connectivity index is 2.87. The minimum Gasteiger partial charge on any atom is -0.481 e. The van der Waals surface area contributed by atoms with Crippen LogP contribution in [0.15, 0.2) is 22.8 Å². The van der Waals surface area contributed by atoms with E-state index in [-0.39, 0.29) is 5.92 Å². The van der Waals surface area contributed by atoms with Gasteiger partial charge in [-0.05, 0) is 18.1 Å². The minimum absolute atomic E-state index is 0.101. The van der Waals surface area contributed by atoms with Crippen LogP contribution < -0.4 is 0 Å². The van der Waals surface area contributed by atoms with Crippen LogP contribution in [-0.4, -0.2) is 11.1 Å². The maximum atomic E-state index is 10.9.